The molecule has 2 saturated heterocycles. The van der Waals surface area contributed by atoms with Crippen molar-refractivity contribution in [3.63, 3.8) is 0 Å². The highest BCUT2D eigenvalue weighted by Crippen LogP contribution is 2.28. The van der Waals surface area contributed by atoms with Gasteiger partial charge in [-0.1, -0.05) is 0 Å². The summed E-state index contributed by atoms with van der Waals surface area (Å²) in [5.41, 5.74) is 1.29. The van der Waals surface area contributed by atoms with Crippen molar-refractivity contribution in [1.82, 2.24) is 10.6 Å². The Morgan fingerprint density at radius 3 is 2.80 bits per heavy atom. The van der Waals surface area contributed by atoms with E-state index in [0.29, 0.717) is 17.7 Å². The van der Waals surface area contributed by atoms with Crippen LogP contribution in [0.3, 0.4) is 0 Å². The molecule has 0 spiro atoms. The highest BCUT2D eigenvalue weighted by Gasteiger charge is 2.29. The lowest BCUT2D eigenvalue weighted by molar-refractivity contribution is -0.134. The molecule has 1 aromatic rings. The molecular weight excluding hydrogens is 322 g/mol. The predicted molar refractivity (Wildman–Crippen MR) is 92.7 cm³/mol. The number of carbonyl (C=O) groups excluding carboxylic acids is 3. The van der Waals surface area contributed by atoms with E-state index in [1.54, 1.807) is 6.07 Å². The maximum Gasteiger partial charge on any atom is 0.255 e. The monoisotopic (exact) mass is 346 g/mol. The zero-order chi connectivity index (χ0) is 18.7. The zero-order valence-electron chi connectivity index (χ0n) is 15.2. The molecule has 3 amide bonds. The van der Waals surface area contributed by atoms with Crippen LogP contribution in [-0.2, 0) is 9.59 Å². The van der Waals surface area contributed by atoms with E-state index in [2.05, 4.69) is 15.5 Å². The van der Waals surface area contributed by atoms with Gasteiger partial charge in [0.2, 0.25) is 11.8 Å². The molecule has 7 nitrogen and oxygen atoms in total. The van der Waals surface area contributed by atoms with Crippen molar-refractivity contribution in [2.45, 2.75) is 38.1 Å². The molecule has 25 heavy (non-hydrogen) atoms. The minimum absolute atomic E-state index is 0.00767. The largest absolute Gasteiger partial charge is 0.496 e. The molecule has 0 bridgehead atoms. The number of piperidine rings is 2. The van der Waals surface area contributed by atoms with Crippen LogP contribution in [0.2, 0.25) is 0 Å². The van der Waals surface area contributed by atoms with Gasteiger partial charge in [0.25, 0.3) is 5.91 Å². The van der Waals surface area contributed by atoms with Crippen LogP contribution in [0.1, 0.15) is 43.8 Å². The van der Waals surface area contributed by atoms with Crippen LogP contribution < -0.4 is 20.3 Å². The number of benzene rings is 1. The second-order valence-corrected chi connectivity index (χ2v) is 6.21. The summed E-state index contributed by atoms with van der Waals surface area (Å²) < 4.78 is 13.2. The highest BCUT2D eigenvalue weighted by molar-refractivity contribution is 6.04. The van der Waals surface area contributed by atoms with E-state index >= 15 is 0 Å². The summed E-state index contributed by atoms with van der Waals surface area (Å²) in [5.74, 6) is -0.782. The Morgan fingerprint density at radius 1 is 1.36 bits per heavy atom. The normalized spacial score (nSPS) is 22.2. The van der Waals surface area contributed by atoms with Gasteiger partial charge >= 0.3 is 0 Å². The number of anilines is 1. The molecule has 134 valence electrons. The fraction of sp³-hybridized carbons (Fsp3) is 0.500. The Kier molecular flexibility index (Phi) is 4.81. The average Bonchev–Trinajstić information content (AvgIpc) is 2.64. The molecule has 2 heterocycles. The van der Waals surface area contributed by atoms with Crippen LogP contribution in [0.25, 0.3) is 0 Å². The third-order valence-electron chi connectivity index (χ3n) is 4.55. The summed E-state index contributed by atoms with van der Waals surface area (Å²) in [6.07, 6.45) is 2.13. The van der Waals surface area contributed by atoms with Gasteiger partial charge in [0.1, 0.15) is 11.8 Å². The molecule has 1 atom stereocenters. The zero-order valence-corrected chi connectivity index (χ0v) is 14.2. The first-order valence-electron chi connectivity index (χ1n) is 9.05. The van der Waals surface area contributed by atoms with Crippen LogP contribution in [-0.4, -0.2) is 44.0 Å². The van der Waals surface area contributed by atoms with Gasteiger partial charge in [-0.2, -0.15) is 0 Å². The molecule has 3 rings (SSSR count). The van der Waals surface area contributed by atoms with Gasteiger partial charge in [0.15, 0.2) is 0 Å². The fourth-order valence-electron chi connectivity index (χ4n) is 3.14. The van der Waals surface area contributed by atoms with Gasteiger partial charge in [-0.15, -0.1) is 0 Å². The molecular formula is C18H23N3O4. The summed E-state index contributed by atoms with van der Waals surface area (Å²) in [5, 5.41) is 4.89. The topological polar surface area (TPSA) is 87.7 Å². The molecule has 0 saturated carbocycles. The molecule has 2 fully saturated rings. The maximum atomic E-state index is 12.6. The number of nitrogens with zero attached hydrogens (tertiary/aromatic N) is 1. The standard InChI is InChI=1S/C18H23N3O4/c1-25-15-11-12(21-9-3-2-4-10-21)5-6-13(15)17(23)19-14-7-8-16(22)20-18(14)24/h5-6,11,14H,2-4,7-10H2,1H3,(H,19,23)(H,20,22,24)/i2D. The van der Waals surface area contributed by atoms with Gasteiger partial charge in [-0.05, 0) is 37.8 Å². The molecule has 0 aliphatic carbocycles. The molecule has 0 aromatic heterocycles. The van der Waals surface area contributed by atoms with E-state index in [-0.39, 0.29) is 18.7 Å². The first kappa shape index (κ1) is 15.9. The van der Waals surface area contributed by atoms with Crippen molar-refractivity contribution in [1.29, 1.82) is 0 Å². The summed E-state index contributed by atoms with van der Waals surface area (Å²) in [7, 11) is 1.50. The fourth-order valence-corrected chi connectivity index (χ4v) is 3.14. The predicted octanol–water partition coefficient (Wildman–Crippen LogP) is 1.22. The summed E-state index contributed by atoms with van der Waals surface area (Å²) in [6, 6.07) is 4.62. The smallest absolute Gasteiger partial charge is 0.255 e. The molecule has 7 heteroatoms. The SMILES string of the molecule is [2H]C1CCN(c2ccc(C(=O)NC3CCC(=O)NC3=O)c(OC)c2)CC1. The van der Waals surface area contributed by atoms with Crippen LogP contribution >= 0.6 is 0 Å². The van der Waals surface area contributed by atoms with E-state index in [1.165, 1.54) is 7.11 Å². The van der Waals surface area contributed by atoms with E-state index in [9.17, 15) is 14.4 Å². The summed E-state index contributed by atoms with van der Waals surface area (Å²) in [6.45, 7) is 1.61. The third-order valence-corrected chi connectivity index (χ3v) is 4.55. The Bertz CT molecular complexity index is 716. The Labute approximate surface area is 148 Å². The number of methoxy groups -OCH3 is 1. The molecule has 2 aliphatic rings. The number of rotatable bonds is 4. The van der Waals surface area contributed by atoms with Crippen molar-refractivity contribution in [2.24, 2.45) is 0 Å². The second kappa shape index (κ2) is 7.55. The van der Waals surface area contributed by atoms with Crippen LogP contribution in [0, 0.1) is 0 Å². The molecule has 1 aromatic carbocycles. The van der Waals surface area contributed by atoms with Crippen molar-refractivity contribution in [2.75, 3.05) is 25.1 Å². The Morgan fingerprint density at radius 2 is 2.12 bits per heavy atom. The number of amides is 3. The number of ether oxygens (including phenoxy) is 1. The number of carbonyl (C=O) groups is 3. The number of hydrogen-bond acceptors (Lipinski definition) is 5. The molecule has 2 aliphatic heterocycles. The second-order valence-electron chi connectivity index (χ2n) is 6.21. The lowest BCUT2D eigenvalue weighted by Crippen LogP contribution is -2.52. The minimum Gasteiger partial charge on any atom is -0.496 e. The van der Waals surface area contributed by atoms with E-state index < -0.39 is 17.9 Å². The summed E-state index contributed by atoms with van der Waals surface area (Å²) >= 11 is 0. The van der Waals surface area contributed by atoms with Crippen LogP contribution in [0.15, 0.2) is 18.2 Å². The van der Waals surface area contributed by atoms with Crippen molar-refractivity contribution < 1.29 is 20.5 Å². The quantitative estimate of drug-likeness (QED) is 0.801. The van der Waals surface area contributed by atoms with E-state index in [1.807, 2.05) is 12.1 Å². The molecule has 2 N–H and O–H groups in total. The first-order valence-corrected chi connectivity index (χ1v) is 8.47. The number of hydrogen-bond donors (Lipinski definition) is 2. The van der Waals surface area contributed by atoms with Crippen LogP contribution in [0.5, 0.6) is 5.75 Å². The average molecular weight is 346 g/mol. The van der Waals surface area contributed by atoms with Crippen molar-refractivity contribution in [3.05, 3.63) is 23.8 Å². The number of nitrogens with one attached hydrogen (secondary N) is 2. The van der Waals surface area contributed by atoms with Gasteiger partial charge in [-0.3, -0.25) is 19.7 Å². The first-order chi connectivity index (χ1) is 12.5. The van der Waals surface area contributed by atoms with Crippen LogP contribution in [0.4, 0.5) is 5.69 Å². The van der Waals surface area contributed by atoms with E-state index in [0.717, 1.165) is 31.6 Å². The molecule has 1 unspecified atom stereocenters. The summed E-state index contributed by atoms with van der Waals surface area (Å²) in [4.78, 5) is 37.7. The van der Waals surface area contributed by atoms with Crippen molar-refractivity contribution >= 4 is 23.4 Å². The third kappa shape index (κ3) is 3.92. The van der Waals surface area contributed by atoms with Gasteiger partial charge < -0.3 is 15.0 Å². The van der Waals surface area contributed by atoms with E-state index in [4.69, 9.17) is 6.11 Å². The number of imide groups is 1. The Hall–Kier alpha value is -2.57. The van der Waals surface area contributed by atoms with Gasteiger partial charge in [0, 0.05) is 32.6 Å². The van der Waals surface area contributed by atoms with Gasteiger partial charge in [-0.25, -0.2) is 0 Å². The lowest BCUT2D eigenvalue weighted by atomic mass is 10.0. The molecule has 0 radical (unpaired) electrons. The van der Waals surface area contributed by atoms with Gasteiger partial charge in [0.05, 0.1) is 12.7 Å². The maximum absolute atomic E-state index is 12.6. The lowest BCUT2D eigenvalue weighted by Gasteiger charge is -2.29. The highest BCUT2D eigenvalue weighted by atomic mass is 16.5. The van der Waals surface area contributed by atoms with Crippen molar-refractivity contribution in [3.8, 4) is 5.75 Å². The Balaban J connectivity index is 1.72. The minimum atomic E-state index is -0.722.